The molecule has 0 heterocycles. The molecule has 0 radical (unpaired) electrons. The molecule has 2 aromatic carbocycles. The summed E-state index contributed by atoms with van der Waals surface area (Å²) in [5.41, 5.74) is -3.53. The molecule has 0 aliphatic carbocycles. The average molecular weight is 530 g/mol. The van der Waals surface area contributed by atoms with Crippen LogP contribution in [0.1, 0.15) is 27.0 Å². The summed E-state index contributed by atoms with van der Waals surface area (Å²) in [4.78, 5) is 12.1. The first-order valence-electron chi connectivity index (χ1n) is 7.85. The van der Waals surface area contributed by atoms with Crippen LogP contribution in [0.2, 0.25) is 0 Å². The summed E-state index contributed by atoms with van der Waals surface area (Å²) >= 11 is -3.72. The van der Waals surface area contributed by atoms with Crippen LogP contribution >= 0.6 is 20.2 Å². The van der Waals surface area contributed by atoms with Gasteiger partial charge in [0.15, 0.2) is 0 Å². The molecule has 2 rings (SSSR count). The van der Waals surface area contributed by atoms with Crippen molar-refractivity contribution in [2.45, 2.75) is 26.3 Å². The van der Waals surface area contributed by atoms with Gasteiger partial charge in [-0.1, -0.05) is 0 Å². The molecular weight excluding hydrogens is 512 g/mol. The van der Waals surface area contributed by atoms with Gasteiger partial charge in [0.05, 0.1) is 0 Å². The molecule has 5 nitrogen and oxygen atoms in total. The van der Waals surface area contributed by atoms with E-state index in [0.717, 1.165) is 12.7 Å². The van der Waals surface area contributed by atoms with Crippen molar-refractivity contribution in [2.75, 3.05) is 7.11 Å². The predicted molar refractivity (Wildman–Crippen MR) is 106 cm³/mol. The normalized spacial score (nSPS) is 12.6. The molecule has 0 bridgehead atoms. The van der Waals surface area contributed by atoms with Crippen LogP contribution in [0, 0.1) is 27.9 Å². The molecule has 0 spiro atoms. The van der Waals surface area contributed by atoms with Gasteiger partial charge in [-0.15, -0.1) is 0 Å². The van der Waals surface area contributed by atoms with Crippen molar-refractivity contribution in [1.82, 2.24) is 0 Å². The number of carbonyl (C=O) groups is 1. The number of rotatable bonds is 5. The summed E-state index contributed by atoms with van der Waals surface area (Å²) in [6, 6.07) is 9.26. The van der Waals surface area contributed by atoms with E-state index in [2.05, 4.69) is 0 Å². The molecule has 0 amide bonds. The zero-order valence-electron chi connectivity index (χ0n) is 15.4. The third-order valence-electron chi connectivity index (χ3n) is 3.65. The van der Waals surface area contributed by atoms with Gasteiger partial charge in [-0.3, -0.25) is 0 Å². The Kier molecular flexibility index (Phi) is 6.77. The van der Waals surface area contributed by atoms with E-state index < -0.39 is 41.8 Å². The Bertz CT molecular complexity index is 980. The van der Waals surface area contributed by atoms with Gasteiger partial charge < -0.3 is 0 Å². The van der Waals surface area contributed by atoms with Crippen molar-refractivity contribution >= 4 is 36.3 Å². The van der Waals surface area contributed by atoms with Gasteiger partial charge in [0.1, 0.15) is 0 Å². The van der Waals surface area contributed by atoms with Crippen LogP contribution in [-0.4, -0.2) is 27.0 Å². The molecule has 28 heavy (non-hydrogen) atoms. The van der Waals surface area contributed by atoms with Crippen LogP contribution in [0.4, 0.5) is 13.2 Å². The fourth-order valence-electron chi connectivity index (χ4n) is 2.61. The molecule has 10 heteroatoms. The second-order valence-electron chi connectivity index (χ2n) is 5.90. The van der Waals surface area contributed by atoms with E-state index in [1.165, 1.54) is 24.3 Å². The minimum absolute atomic E-state index is 0.0213. The average Bonchev–Trinajstić information content (AvgIpc) is 2.58. The van der Waals surface area contributed by atoms with Crippen molar-refractivity contribution in [3.05, 3.63) is 65.8 Å². The molecule has 0 atom stereocenters. The van der Waals surface area contributed by atoms with Crippen molar-refractivity contribution in [3.8, 4) is 0 Å². The molecule has 0 saturated carbocycles. The second-order valence-corrected chi connectivity index (χ2v) is 12.1. The van der Waals surface area contributed by atoms with Crippen LogP contribution in [0.3, 0.4) is 0 Å². The van der Waals surface area contributed by atoms with Gasteiger partial charge in [0, 0.05) is 0 Å². The van der Waals surface area contributed by atoms with E-state index in [4.69, 9.17) is 7.25 Å². The maximum atomic E-state index is 13.0. The van der Waals surface area contributed by atoms with Crippen LogP contribution in [0.25, 0.3) is 0 Å². The van der Waals surface area contributed by atoms with Crippen molar-refractivity contribution < 1.29 is 33.6 Å². The predicted octanol–water partition coefficient (Wildman–Crippen LogP) is 4.73. The van der Waals surface area contributed by atoms with Crippen molar-refractivity contribution in [3.63, 3.8) is 0 Å². The first kappa shape index (κ1) is 22.6. The number of ether oxygens (including phenoxy) is 1. The Hall–Kier alpha value is -1.66. The third kappa shape index (κ3) is 4.66. The topological polar surface area (TPSA) is 69.7 Å². The minimum atomic E-state index is -5.87. The zero-order valence-corrected chi connectivity index (χ0v) is 18.4. The summed E-state index contributed by atoms with van der Waals surface area (Å²) in [5, 5.41) is 0. The van der Waals surface area contributed by atoms with E-state index in [1.54, 1.807) is 26.0 Å². The monoisotopic (exact) mass is 530 g/mol. The van der Waals surface area contributed by atoms with Crippen LogP contribution < -0.4 is 0 Å². The quantitative estimate of drug-likeness (QED) is 0.318. The molecule has 0 fully saturated rings. The molecule has 0 N–H and O–H groups in total. The molecular formula is C18H18F3IO5S. The van der Waals surface area contributed by atoms with Gasteiger partial charge in [-0.25, -0.2) is 0 Å². The Morgan fingerprint density at radius 2 is 1.57 bits per heavy atom. The Morgan fingerprint density at radius 1 is 1.04 bits per heavy atom. The number of hydrogen-bond donors (Lipinski definition) is 0. The number of hydrogen-bond acceptors (Lipinski definition) is 5. The summed E-state index contributed by atoms with van der Waals surface area (Å²) in [6.45, 7) is 5.16. The number of halogens is 4. The van der Waals surface area contributed by atoms with Gasteiger partial charge in [0.25, 0.3) is 0 Å². The number of alkyl halides is 3. The molecule has 2 aromatic rings. The fourth-order valence-corrected chi connectivity index (χ4v) is 10.0. The first-order chi connectivity index (χ1) is 12.9. The summed E-state index contributed by atoms with van der Waals surface area (Å²) < 4.78 is 72.8. The molecule has 0 saturated heterocycles. The van der Waals surface area contributed by atoms with Crippen LogP contribution in [-0.2, 0) is 17.4 Å². The SMILES string of the molecule is COC(=O)c1ccccc1I(OS(=O)(=O)C(F)(F)F)c1c(C)cc(C)cc1C. The Balaban J connectivity index is 2.78. The Morgan fingerprint density at radius 3 is 2.07 bits per heavy atom. The maximum absolute atomic E-state index is 13.0. The number of carbonyl (C=O) groups excluding carboxylic acids is 1. The number of aryl methyl sites for hydroxylation is 3. The number of benzene rings is 2. The van der Waals surface area contributed by atoms with E-state index in [1.807, 2.05) is 6.92 Å². The summed E-state index contributed by atoms with van der Waals surface area (Å²) in [5.74, 6) is -0.784. The van der Waals surface area contributed by atoms with Gasteiger partial charge in [-0.2, -0.15) is 0 Å². The fraction of sp³-hybridized carbons (Fsp3) is 0.278. The summed E-state index contributed by atoms with van der Waals surface area (Å²) in [6.07, 6.45) is 0. The van der Waals surface area contributed by atoms with Gasteiger partial charge in [-0.05, 0) is 0 Å². The third-order valence-corrected chi connectivity index (χ3v) is 11.7. The van der Waals surface area contributed by atoms with Crippen LogP contribution in [0.15, 0.2) is 36.4 Å². The number of methoxy groups -OCH3 is 1. The number of esters is 1. The zero-order chi connectivity index (χ0) is 21.3. The van der Waals surface area contributed by atoms with E-state index in [-0.39, 0.29) is 9.13 Å². The van der Waals surface area contributed by atoms with Crippen molar-refractivity contribution in [1.29, 1.82) is 0 Å². The van der Waals surface area contributed by atoms with E-state index in [9.17, 15) is 26.4 Å². The molecule has 0 unspecified atom stereocenters. The summed E-state index contributed by atoms with van der Waals surface area (Å²) in [7, 11) is -4.74. The molecule has 154 valence electrons. The molecule has 0 aliphatic heterocycles. The standard InChI is InChI=1S/C18H18F3IO5S/c1-11-9-12(2)16(13(3)10-11)22(27-28(24,25)18(19,20)21)15-8-6-5-7-14(15)17(23)26-4/h5-10H,1-4H3. The molecule has 0 aromatic heterocycles. The molecule has 0 aliphatic rings. The van der Waals surface area contributed by atoms with E-state index >= 15 is 0 Å². The van der Waals surface area contributed by atoms with Crippen LogP contribution in [0.5, 0.6) is 0 Å². The van der Waals surface area contributed by atoms with Gasteiger partial charge >= 0.3 is 169 Å². The Labute approximate surface area is 168 Å². The van der Waals surface area contributed by atoms with Gasteiger partial charge in [0.2, 0.25) is 0 Å². The first-order valence-corrected chi connectivity index (χ1v) is 12.3. The second kappa shape index (κ2) is 8.37. The van der Waals surface area contributed by atoms with E-state index in [0.29, 0.717) is 14.7 Å². The van der Waals surface area contributed by atoms with Crippen molar-refractivity contribution in [2.24, 2.45) is 0 Å².